The first kappa shape index (κ1) is 15.5. The second-order valence-corrected chi connectivity index (χ2v) is 5.88. The van der Waals surface area contributed by atoms with Gasteiger partial charge >= 0.3 is 0 Å². The van der Waals surface area contributed by atoms with Gasteiger partial charge in [0.25, 0.3) is 5.91 Å². The summed E-state index contributed by atoms with van der Waals surface area (Å²) in [5.74, 6) is 1.04. The summed E-state index contributed by atoms with van der Waals surface area (Å²) < 4.78 is 6.41. The van der Waals surface area contributed by atoms with Crippen LogP contribution in [-0.4, -0.2) is 11.0 Å². The van der Waals surface area contributed by atoms with Crippen LogP contribution in [0.4, 0.5) is 5.69 Å². The summed E-state index contributed by atoms with van der Waals surface area (Å²) in [5, 5.41) is 11.9. The molecule has 0 bridgehead atoms. The summed E-state index contributed by atoms with van der Waals surface area (Å²) in [5.41, 5.74) is 2.18. The van der Waals surface area contributed by atoms with Crippen molar-refractivity contribution in [3.05, 3.63) is 76.5 Å². The maximum absolute atomic E-state index is 12.1. The molecule has 0 aliphatic rings. The summed E-state index contributed by atoms with van der Waals surface area (Å²) >= 11 is 3.34. The van der Waals surface area contributed by atoms with Gasteiger partial charge in [-0.15, -0.1) is 0 Å². The molecule has 1 heterocycles. The van der Waals surface area contributed by atoms with Crippen molar-refractivity contribution in [1.29, 1.82) is 0 Å². The molecule has 0 fully saturated rings. The van der Waals surface area contributed by atoms with Crippen molar-refractivity contribution < 1.29 is 14.3 Å². The van der Waals surface area contributed by atoms with Crippen molar-refractivity contribution in [2.75, 3.05) is 5.32 Å². The first-order valence-electron chi connectivity index (χ1n) is 7.02. The van der Waals surface area contributed by atoms with Crippen LogP contribution in [-0.2, 0) is 6.61 Å². The van der Waals surface area contributed by atoms with E-state index in [2.05, 4.69) is 21.2 Å². The van der Waals surface area contributed by atoms with Crippen LogP contribution in [0, 0.1) is 0 Å². The number of hydrogen-bond donors (Lipinski definition) is 2. The minimum absolute atomic E-state index is 0.124. The average molecular weight is 372 g/mol. The lowest BCUT2D eigenvalue weighted by Crippen LogP contribution is -2.11. The maximum Gasteiger partial charge on any atom is 0.255 e. The molecule has 0 spiro atoms. The van der Waals surface area contributed by atoms with Crippen molar-refractivity contribution in [1.82, 2.24) is 0 Å². The van der Waals surface area contributed by atoms with E-state index in [0.29, 0.717) is 22.8 Å². The molecule has 2 N–H and O–H groups in total. The Labute approximate surface area is 141 Å². The number of furan rings is 1. The Kier molecular flexibility index (Phi) is 4.60. The predicted molar refractivity (Wildman–Crippen MR) is 92.2 cm³/mol. The minimum Gasteiger partial charge on any atom is -0.459 e. The van der Waals surface area contributed by atoms with Gasteiger partial charge in [-0.05, 0) is 60.7 Å². The lowest BCUT2D eigenvalue weighted by molar-refractivity contribution is 0.102. The van der Waals surface area contributed by atoms with E-state index in [-0.39, 0.29) is 12.5 Å². The first-order valence-corrected chi connectivity index (χ1v) is 7.82. The van der Waals surface area contributed by atoms with Gasteiger partial charge in [-0.25, -0.2) is 0 Å². The van der Waals surface area contributed by atoms with Gasteiger partial charge < -0.3 is 14.8 Å². The van der Waals surface area contributed by atoms with Gasteiger partial charge in [0.15, 0.2) is 0 Å². The number of aliphatic hydroxyl groups excluding tert-OH is 1. The Morgan fingerprint density at radius 3 is 2.30 bits per heavy atom. The Hall–Kier alpha value is -2.37. The van der Waals surface area contributed by atoms with Crippen molar-refractivity contribution in [3.63, 3.8) is 0 Å². The van der Waals surface area contributed by atoms with E-state index in [9.17, 15) is 4.79 Å². The fraction of sp³-hybridized carbons (Fsp3) is 0.0556. The number of halogens is 1. The summed E-state index contributed by atoms with van der Waals surface area (Å²) in [6, 6.07) is 18.1. The topological polar surface area (TPSA) is 62.5 Å². The van der Waals surface area contributed by atoms with Crippen molar-refractivity contribution in [3.8, 4) is 11.3 Å². The largest absolute Gasteiger partial charge is 0.459 e. The highest BCUT2D eigenvalue weighted by molar-refractivity contribution is 9.10. The van der Waals surface area contributed by atoms with Crippen molar-refractivity contribution in [2.45, 2.75) is 6.61 Å². The number of benzene rings is 2. The quantitative estimate of drug-likeness (QED) is 0.711. The molecule has 0 atom stereocenters. The highest BCUT2D eigenvalue weighted by atomic mass is 79.9. The summed E-state index contributed by atoms with van der Waals surface area (Å²) in [4.78, 5) is 12.1. The second-order valence-electron chi connectivity index (χ2n) is 4.96. The molecule has 0 unspecified atom stereocenters. The summed E-state index contributed by atoms with van der Waals surface area (Å²) in [7, 11) is 0. The molecule has 0 radical (unpaired) electrons. The number of nitrogens with one attached hydrogen (secondary N) is 1. The number of carbonyl (C=O) groups is 1. The van der Waals surface area contributed by atoms with Gasteiger partial charge in [0.2, 0.25) is 0 Å². The molecular weight excluding hydrogens is 358 g/mol. The molecule has 116 valence electrons. The number of amides is 1. The fourth-order valence-electron chi connectivity index (χ4n) is 2.14. The highest BCUT2D eigenvalue weighted by Gasteiger charge is 2.07. The molecule has 1 amide bonds. The van der Waals surface area contributed by atoms with Crippen LogP contribution in [0.25, 0.3) is 11.3 Å². The molecule has 0 saturated heterocycles. The lowest BCUT2D eigenvalue weighted by atomic mass is 10.1. The van der Waals surface area contributed by atoms with Gasteiger partial charge in [-0.3, -0.25) is 4.79 Å². The smallest absolute Gasteiger partial charge is 0.255 e. The van der Waals surface area contributed by atoms with Crippen molar-refractivity contribution >= 4 is 27.5 Å². The molecule has 0 saturated carbocycles. The van der Waals surface area contributed by atoms with Crippen LogP contribution < -0.4 is 5.32 Å². The Morgan fingerprint density at radius 2 is 1.70 bits per heavy atom. The standard InChI is InChI=1S/C18H14BrNO3/c19-14-5-1-13(2-6-14)18(22)20-15-7-3-12(4-8-15)17-10-9-16(11-21)23-17/h1-10,21H,11H2,(H,20,22). The molecule has 3 rings (SSSR count). The van der Waals surface area contributed by atoms with Crippen LogP contribution >= 0.6 is 15.9 Å². The van der Waals surface area contributed by atoms with Gasteiger partial charge in [0, 0.05) is 21.3 Å². The number of aliphatic hydroxyl groups is 1. The lowest BCUT2D eigenvalue weighted by Gasteiger charge is -2.06. The third kappa shape index (κ3) is 3.70. The van der Waals surface area contributed by atoms with Crippen LogP contribution in [0.1, 0.15) is 16.1 Å². The van der Waals surface area contributed by atoms with Crippen LogP contribution in [0.15, 0.2) is 69.6 Å². The average Bonchev–Trinajstić information content (AvgIpc) is 3.05. The summed E-state index contributed by atoms with van der Waals surface area (Å²) in [6.07, 6.45) is 0. The maximum atomic E-state index is 12.1. The minimum atomic E-state index is -0.161. The van der Waals surface area contributed by atoms with Gasteiger partial charge in [0.1, 0.15) is 18.1 Å². The van der Waals surface area contributed by atoms with Crippen LogP contribution in [0.3, 0.4) is 0 Å². The Morgan fingerprint density at radius 1 is 1.00 bits per heavy atom. The van der Waals surface area contributed by atoms with E-state index >= 15 is 0 Å². The van der Waals surface area contributed by atoms with Crippen LogP contribution in [0.5, 0.6) is 0 Å². The van der Waals surface area contributed by atoms with E-state index in [1.165, 1.54) is 0 Å². The summed E-state index contributed by atoms with van der Waals surface area (Å²) in [6.45, 7) is -0.124. The zero-order valence-corrected chi connectivity index (χ0v) is 13.7. The van der Waals surface area contributed by atoms with E-state index in [0.717, 1.165) is 10.0 Å². The van der Waals surface area contributed by atoms with E-state index in [1.807, 2.05) is 36.4 Å². The third-order valence-electron chi connectivity index (χ3n) is 3.35. The number of carbonyl (C=O) groups excluding carboxylic acids is 1. The molecule has 1 aromatic heterocycles. The van der Waals surface area contributed by atoms with Gasteiger partial charge in [-0.2, -0.15) is 0 Å². The number of anilines is 1. The monoisotopic (exact) mass is 371 g/mol. The normalized spacial score (nSPS) is 10.5. The first-order chi connectivity index (χ1) is 11.2. The molecule has 4 nitrogen and oxygen atoms in total. The molecule has 23 heavy (non-hydrogen) atoms. The third-order valence-corrected chi connectivity index (χ3v) is 3.88. The SMILES string of the molecule is O=C(Nc1ccc(-c2ccc(CO)o2)cc1)c1ccc(Br)cc1. The second kappa shape index (κ2) is 6.81. The zero-order valence-electron chi connectivity index (χ0n) is 12.1. The van der Waals surface area contributed by atoms with E-state index in [1.54, 1.807) is 24.3 Å². The molecule has 2 aromatic carbocycles. The number of hydrogen-bond acceptors (Lipinski definition) is 3. The molecule has 0 aliphatic carbocycles. The predicted octanol–water partition coefficient (Wildman–Crippen LogP) is 4.45. The van der Waals surface area contributed by atoms with Gasteiger partial charge in [-0.1, -0.05) is 15.9 Å². The van der Waals surface area contributed by atoms with Crippen molar-refractivity contribution in [2.24, 2.45) is 0 Å². The number of rotatable bonds is 4. The molecule has 0 aliphatic heterocycles. The molecule has 3 aromatic rings. The highest BCUT2D eigenvalue weighted by Crippen LogP contribution is 2.24. The van der Waals surface area contributed by atoms with Crippen LogP contribution in [0.2, 0.25) is 0 Å². The molecule has 5 heteroatoms. The van der Waals surface area contributed by atoms with E-state index < -0.39 is 0 Å². The Bertz CT molecular complexity index is 807. The van der Waals surface area contributed by atoms with Gasteiger partial charge in [0.05, 0.1) is 0 Å². The Balaban J connectivity index is 1.72. The zero-order chi connectivity index (χ0) is 16.2. The van der Waals surface area contributed by atoms with E-state index in [4.69, 9.17) is 9.52 Å². The fourth-order valence-corrected chi connectivity index (χ4v) is 2.40. The molecular formula is C18H14BrNO3.